The molecule has 4 nitrogen and oxygen atoms in total. The highest BCUT2D eigenvalue weighted by Gasteiger charge is 2.27. The Hall–Kier alpha value is -0.610. The summed E-state index contributed by atoms with van der Waals surface area (Å²) in [6, 6.07) is 1.43. The molecule has 2 aliphatic rings. The summed E-state index contributed by atoms with van der Waals surface area (Å²) in [5.74, 6) is 0. The van der Waals surface area contributed by atoms with E-state index in [2.05, 4.69) is 23.6 Å². The van der Waals surface area contributed by atoms with Crippen molar-refractivity contribution in [3.63, 3.8) is 0 Å². The van der Waals surface area contributed by atoms with E-state index < -0.39 is 0 Å². The lowest BCUT2D eigenvalue weighted by molar-refractivity contribution is -0.120. The minimum atomic E-state index is 0.683. The first-order chi connectivity index (χ1) is 8.20. The van der Waals surface area contributed by atoms with Crippen molar-refractivity contribution in [2.75, 3.05) is 39.3 Å². The molecule has 17 heavy (non-hydrogen) atoms. The predicted molar refractivity (Wildman–Crippen MR) is 68.9 cm³/mol. The first-order valence-corrected chi connectivity index (χ1v) is 6.88. The van der Waals surface area contributed by atoms with Gasteiger partial charge >= 0.3 is 0 Å². The molecule has 2 aliphatic heterocycles. The van der Waals surface area contributed by atoms with Crippen LogP contribution in [0.2, 0.25) is 0 Å². The molecule has 2 saturated heterocycles. The molecule has 0 aromatic carbocycles. The van der Waals surface area contributed by atoms with Gasteiger partial charge in [0, 0.05) is 38.3 Å². The van der Waals surface area contributed by atoms with Crippen LogP contribution in [0.5, 0.6) is 0 Å². The zero-order valence-electron chi connectivity index (χ0n) is 11.1. The van der Waals surface area contributed by atoms with Crippen LogP contribution in [-0.4, -0.2) is 72.5 Å². The Morgan fingerprint density at radius 3 is 2.06 bits per heavy atom. The molecular weight excluding hydrogens is 214 g/mol. The fraction of sp³-hybridized carbons (Fsp3) is 0.923. The fourth-order valence-electron chi connectivity index (χ4n) is 2.98. The van der Waals surface area contributed by atoms with Gasteiger partial charge in [0.05, 0.1) is 0 Å². The van der Waals surface area contributed by atoms with E-state index in [1.807, 2.05) is 4.90 Å². The van der Waals surface area contributed by atoms with Crippen molar-refractivity contribution in [1.29, 1.82) is 0 Å². The van der Waals surface area contributed by atoms with Crippen molar-refractivity contribution in [2.24, 2.45) is 0 Å². The Labute approximate surface area is 105 Å². The fourth-order valence-corrected chi connectivity index (χ4v) is 2.98. The quantitative estimate of drug-likeness (QED) is 0.676. The number of amides is 1. The highest BCUT2D eigenvalue weighted by atomic mass is 16.1. The third kappa shape index (κ3) is 3.19. The highest BCUT2D eigenvalue weighted by molar-refractivity contribution is 5.47. The Kier molecular flexibility index (Phi) is 4.40. The number of likely N-dealkylation sites (tertiary alicyclic amines) is 1. The SMILES string of the molecule is CC(C)N1CCC(N2CCN(C=O)CC2)CC1. The van der Waals surface area contributed by atoms with Crippen LogP contribution < -0.4 is 0 Å². The van der Waals surface area contributed by atoms with Crippen LogP contribution in [0.25, 0.3) is 0 Å². The summed E-state index contributed by atoms with van der Waals surface area (Å²) < 4.78 is 0. The van der Waals surface area contributed by atoms with Gasteiger partial charge in [0.1, 0.15) is 0 Å². The number of hydrogen-bond donors (Lipinski definition) is 0. The van der Waals surface area contributed by atoms with Crippen molar-refractivity contribution in [3.8, 4) is 0 Å². The summed E-state index contributed by atoms with van der Waals surface area (Å²) in [5, 5.41) is 0. The van der Waals surface area contributed by atoms with Crippen LogP contribution in [0.1, 0.15) is 26.7 Å². The lowest BCUT2D eigenvalue weighted by Gasteiger charge is -2.43. The van der Waals surface area contributed by atoms with Gasteiger partial charge in [0.15, 0.2) is 0 Å². The van der Waals surface area contributed by atoms with Gasteiger partial charge in [-0.05, 0) is 39.8 Å². The van der Waals surface area contributed by atoms with Crippen LogP contribution in [0.4, 0.5) is 0 Å². The normalized spacial score (nSPS) is 25.5. The van der Waals surface area contributed by atoms with Crippen molar-refractivity contribution >= 4 is 6.41 Å². The molecule has 0 radical (unpaired) electrons. The van der Waals surface area contributed by atoms with Gasteiger partial charge in [0.25, 0.3) is 0 Å². The molecule has 0 bridgehead atoms. The Morgan fingerprint density at radius 1 is 1.00 bits per heavy atom. The molecule has 0 atom stereocenters. The van der Waals surface area contributed by atoms with Gasteiger partial charge in [-0.1, -0.05) is 0 Å². The standard InChI is InChI=1S/C13H25N3O/c1-12(2)15-5-3-13(4-6-15)16-9-7-14(11-17)8-10-16/h11-13H,3-10H2,1-2H3. The Balaban J connectivity index is 1.76. The minimum absolute atomic E-state index is 0.683. The van der Waals surface area contributed by atoms with E-state index in [4.69, 9.17) is 0 Å². The average Bonchev–Trinajstić information content (AvgIpc) is 2.39. The summed E-state index contributed by atoms with van der Waals surface area (Å²) in [7, 11) is 0. The number of nitrogens with zero attached hydrogens (tertiary/aromatic N) is 3. The molecule has 2 fully saturated rings. The van der Waals surface area contributed by atoms with Crippen molar-refractivity contribution in [3.05, 3.63) is 0 Å². The van der Waals surface area contributed by atoms with Gasteiger partial charge in [-0.15, -0.1) is 0 Å². The van der Waals surface area contributed by atoms with Crippen LogP contribution in [0, 0.1) is 0 Å². The van der Waals surface area contributed by atoms with E-state index in [9.17, 15) is 4.79 Å². The summed E-state index contributed by atoms with van der Waals surface area (Å²) in [6.07, 6.45) is 3.57. The first kappa shape index (κ1) is 12.8. The first-order valence-electron chi connectivity index (χ1n) is 6.88. The van der Waals surface area contributed by atoms with Crippen molar-refractivity contribution in [1.82, 2.24) is 14.7 Å². The predicted octanol–water partition coefficient (Wildman–Crippen LogP) is 0.633. The second kappa shape index (κ2) is 5.83. The van der Waals surface area contributed by atoms with Gasteiger partial charge in [-0.25, -0.2) is 0 Å². The van der Waals surface area contributed by atoms with Crippen molar-refractivity contribution in [2.45, 2.75) is 38.8 Å². The molecule has 0 unspecified atom stereocenters. The number of piperazine rings is 1. The molecule has 0 aromatic heterocycles. The smallest absolute Gasteiger partial charge is 0.209 e. The number of piperidine rings is 1. The van der Waals surface area contributed by atoms with Crippen LogP contribution in [0.3, 0.4) is 0 Å². The van der Waals surface area contributed by atoms with Crippen LogP contribution >= 0.6 is 0 Å². The molecule has 0 aromatic rings. The van der Waals surface area contributed by atoms with Gasteiger partial charge in [-0.3, -0.25) is 9.69 Å². The van der Waals surface area contributed by atoms with E-state index >= 15 is 0 Å². The third-order valence-electron chi connectivity index (χ3n) is 4.24. The van der Waals surface area contributed by atoms with Gasteiger partial charge < -0.3 is 9.80 Å². The molecule has 0 spiro atoms. The van der Waals surface area contributed by atoms with E-state index in [0.717, 1.165) is 38.6 Å². The molecule has 2 heterocycles. The maximum atomic E-state index is 10.7. The van der Waals surface area contributed by atoms with Crippen LogP contribution in [-0.2, 0) is 4.79 Å². The second-order valence-corrected chi connectivity index (χ2v) is 5.54. The van der Waals surface area contributed by atoms with Crippen molar-refractivity contribution < 1.29 is 4.79 Å². The van der Waals surface area contributed by atoms with Gasteiger partial charge in [0.2, 0.25) is 6.41 Å². The maximum Gasteiger partial charge on any atom is 0.209 e. The molecule has 0 saturated carbocycles. The van der Waals surface area contributed by atoms with Crippen LogP contribution in [0.15, 0.2) is 0 Å². The molecule has 2 rings (SSSR count). The number of carbonyl (C=O) groups is 1. The Bertz CT molecular complexity index is 241. The lowest BCUT2D eigenvalue weighted by Crippen LogP contribution is -2.53. The molecule has 98 valence electrons. The highest BCUT2D eigenvalue weighted by Crippen LogP contribution is 2.19. The zero-order valence-corrected chi connectivity index (χ0v) is 11.1. The monoisotopic (exact) mass is 239 g/mol. The summed E-state index contributed by atoms with van der Waals surface area (Å²) in [5.41, 5.74) is 0. The number of rotatable bonds is 3. The third-order valence-corrected chi connectivity index (χ3v) is 4.24. The number of hydrogen-bond acceptors (Lipinski definition) is 3. The summed E-state index contributed by atoms with van der Waals surface area (Å²) >= 11 is 0. The minimum Gasteiger partial charge on any atom is -0.343 e. The number of carbonyl (C=O) groups excluding carboxylic acids is 1. The second-order valence-electron chi connectivity index (χ2n) is 5.54. The molecule has 1 amide bonds. The van der Waals surface area contributed by atoms with E-state index in [0.29, 0.717) is 6.04 Å². The summed E-state index contributed by atoms with van der Waals surface area (Å²) in [6.45, 7) is 11.0. The molecule has 0 aliphatic carbocycles. The topological polar surface area (TPSA) is 26.8 Å². The van der Waals surface area contributed by atoms with E-state index in [1.165, 1.54) is 25.9 Å². The van der Waals surface area contributed by atoms with E-state index in [1.54, 1.807) is 0 Å². The van der Waals surface area contributed by atoms with Gasteiger partial charge in [-0.2, -0.15) is 0 Å². The summed E-state index contributed by atoms with van der Waals surface area (Å²) in [4.78, 5) is 17.7. The molecule has 0 N–H and O–H groups in total. The maximum absolute atomic E-state index is 10.7. The molecular formula is C13H25N3O. The lowest BCUT2D eigenvalue weighted by atomic mass is 10.0. The van der Waals surface area contributed by atoms with E-state index in [-0.39, 0.29) is 0 Å². The largest absolute Gasteiger partial charge is 0.343 e. The zero-order chi connectivity index (χ0) is 12.3. The Morgan fingerprint density at radius 2 is 1.59 bits per heavy atom. The average molecular weight is 239 g/mol. The molecule has 4 heteroatoms.